The van der Waals surface area contributed by atoms with Crippen LogP contribution in [0.1, 0.15) is 18.6 Å². The van der Waals surface area contributed by atoms with E-state index >= 15 is 0 Å². The quantitative estimate of drug-likeness (QED) is 0.839. The third-order valence-corrected chi connectivity index (χ3v) is 2.71. The van der Waals surface area contributed by atoms with Crippen LogP contribution >= 0.6 is 15.9 Å². The van der Waals surface area contributed by atoms with Gasteiger partial charge in [0.05, 0.1) is 6.10 Å². The molecule has 0 saturated carbocycles. The average molecular weight is 291 g/mol. The Morgan fingerprint density at radius 3 is 2.81 bits per heavy atom. The monoisotopic (exact) mass is 290 g/mol. The summed E-state index contributed by atoms with van der Waals surface area (Å²) >= 11 is 3.02. The van der Waals surface area contributed by atoms with Crippen LogP contribution in [0.3, 0.4) is 0 Å². The lowest BCUT2D eigenvalue weighted by atomic mass is 10.1. The van der Waals surface area contributed by atoms with Crippen molar-refractivity contribution < 1.29 is 19.3 Å². The van der Waals surface area contributed by atoms with E-state index in [2.05, 4.69) is 22.5 Å². The summed E-state index contributed by atoms with van der Waals surface area (Å²) in [6.07, 6.45) is 0.505. The fraction of sp³-hybridized carbons (Fsp3) is 0.273. The number of ether oxygens (including phenoxy) is 1. The van der Waals surface area contributed by atoms with Crippen molar-refractivity contribution in [3.05, 3.63) is 34.6 Å². The minimum Gasteiger partial charge on any atom is -0.506 e. The van der Waals surface area contributed by atoms with E-state index in [1.807, 2.05) is 0 Å². The van der Waals surface area contributed by atoms with E-state index in [0.717, 1.165) is 6.07 Å². The Morgan fingerprint density at radius 1 is 1.69 bits per heavy atom. The van der Waals surface area contributed by atoms with Gasteiger partial charge in [-0.3, -0.25) is 0 Å². The summed E-state index contributed by atoms with van der Waals surface area (Å²) in [5.74, 6) is -0.973. The molecule has 0 radical (unpaired) electrons. The summed E-state index contributed by atoms with van der Waals surface area (Å²) in [5.41, 5.74) is 0.107. The molecule has 2 N–H and O–H groups in total. The number of hydrogen-bond donors (Lipinski definition) is 2. The minimum atomic E-state index is -0.959. The third-order valence-electron chi connectivity index (χ3n) is 1.98. The van der Waals surface area contributed by atoms with Crippen LogP contribution in [0.15, 0.2) is 23.2 Å². The Balaban J connectivity index is 3.22. The molecule has 1 atom stereocenters. The molecule has 1 rings (SSSR count). The molecule has 0 saturated heterocycles. The van der Waals surface area contributed by atoms with Gasteiger partial charge in [0, 0.05) is 5.56 Å². The Bertz CT molecular complexity index is 405. The molecule has 0 spiro atoms. The van der Waals surface area contributed by atoms with Crippen LogP contribution in [-0.4, -0.2) is 16.8 Å². The summed E-state index contributed by atoms with van der Waals surface area (Å²) in [7, 11) is 0. The lowest BCUT2D eigenvalue weighted by Gasteiger charge is -2.13. The van der Waals surface area contributed by atoms with Crippen LogP contribution in [0.2, 0.25) is 0 Å². The molecular formula is C11H12BrFO3. The maximum absolute atomic E-state index is 13.6. The van der Waals surface area contributed by atoms with Crippen molar-refractivity contribution in [1.82, 2.24) is 0 Å². The van der Waals surface area contributed by atoms with Crippen LogP contribution in [0, 0.1) is 5.82 Å². The predicted molar refractivity (Wildman–Crippen MR) is 62.1 cm³/mol. The molecule has 0 amide bonds. The molecule has 0 heterocycles. The van der Waals surface area contributed by atoms with Gasteiger partial charge >= 0.3 is 0 Å². The second-order valence-electron chi connectivity index (χ2n) is 3.21. The largest absolute Gasteiger partial charge is 0.506 e. The van der Waals surface area contributed by atoms with E-state index in [4.69, 9.17) is 4.74 Å². The summed E-state index contributed by atoms with van der Waals surface area (Å²) in [5, 5.41) is 19.0. The highest BCUT2D eigenvalue weighted by molar-refractivity contribution is 9.10. The number of rotatable bonds is 4. The van der Waals surface area contributed by atoms with Gasteiger partial charge in [-0.05, 0) is 28.9 Å². The Kier molecular flexibility index (Phi) is 4.32. The number of aliphatic hydroxyl groups excluding tert-OH is 1. The van der Waals surface area contributed by atoms with Crippen molar-refractivity contribution in [2.24, 2.45) is 0 Å². The molecule has 1 unspecified atom stereocenters. The minimum absolute atomic E-state index is 0.0882. The molecular weight excluding hydrogens is 279 g/mol. The van der Waals surface area contributed by atoms with E-state index in [-0.39, 0.29) is 28.1 Å². The Hall–Kier alpha value is -1.07. The van der Waals surface area contributed by atoms with Gasteiger partial charge in [0.15, 0.2) is 11.6 Å². The van der Waals surface area contributed by atoms with E-state index in [0.29, 0.717) is 0 Å². The first kappa shape index (κ1) is 13.0. The number of phenolic OH excluding ortho intramolecular Hbond substituents is 1. The van der Waals surface area contributed by atoms with Gasteiger partial charge in [0.1, 0.15) is 16.8 Å². The number of aliphatic hydroxyl groups is 1. The molecule has 16 heavy (non-hydrogen) atoms. The fourth-order valence-electron chi connectivity index (χ4n) is 1.20. The molecule has 5 heteroatoms. The molecule has 0 fully saturated rings. The van der Waals surface area contributed by atoms with Crippen molar-refractivity contribution in [3.63, 3.8) is 0 Å². The smallest absolute Gasteiger partial charge is 0.173 e. The van der Waals surface area contributed by atoms with Crippen LogP contribution in [0.4, 0.5) is 4.39 Å². The van der Waals surface area contributed by atoms with Gasteiger partial charge in [-0.15, -0.1) is 0 Å². The van der Waals surface area contributed by atoms with Gasteiger partial charge < -0.3 is 14.9 Å². The van der Waals surface area contributed by atoms with Gasteiger partial charge in [0.2, 0.25) is 0 Å². The second-order valence-corrected chi connectivity index (χ2v) is 4.01. The molecule has 3 nitrogen and oxygen atoms in total. The van der Waals surface area contributed by atoms with Crippen molar-refractivity contribution in [2.75, 3.05) is 6.61 Å². The first-order chi connectivity index (χ1) is 7.49. The van der Waals surface area contributed by atoms with Gasteiger partial charge in [0.25, 0.3) is 0 Å². The molecule has 88 valence electrons. The Morgan fingerprint density at radius 2 is 2.31 bits per heavy atom. The average Bonchev–Trinajstić information content (AvgIpc) is 2.23. The molecule has 0 aliphatic rings. The molecule has 0 aliphatic heterocycles. The SMILES string of the molecule is C=CCOc1c(F)cc(C(C)O)c(O)c1Br. The van der Waals surface area contributed by atoms with E-state index in [1.54, 1.807) is 0 Å². The standard InChI is InChI=1S/C11H12BrFO3/c1-3-4-16-11-8(13)5-7(6(2)14)10(15)9(11)12/h3,5-6,14-15H,1,4H2,2H3. The number of hydrogen-bond acceptors (Lipinski definition) is 3. The van der Waals surface area contributed by atoms with E-state index < -0.39 is 11.9 Å². The summed E-state index contributed by atoms with van der Waals surface area (Å²) < 4.78 is 18.7. The van der Waals surface area contributed by atoms with E-state index in [9.17, 15) is 14.6 Å². The van der Waals surface area contributed by atoms with Crippen LogP contribution in [0.25, 0.3) is 0 Å². The number of benzene rings is 1. The second kappa shape index (κ2) is 5.32. The zero-order valence-corrected chi connectivity index (χ0v) is 10.3. The molecule has 1 aromatic rings. The van der Waals surface area contributed by atoms with Crippen molar-refractivity contribution >= 4 is 15.9 Å². The molecule has 0 bridgehead atoms. The van der Waals surface area contributed by atoms with Gasteiger partial charge in [-0.2, -0.15) is 0 Å². The Labute approximate surface area is 101 Å². The summed E-state index contributed by atoms with van der Waals surface area (Å²) in [4.78, 5) is 0. The lowest BCUT2D eigenvalue weighted by molar-refractivity contribution is 0.193. The van der Waals surface area contributed by atoms with Crippen molar-refractivity contribution in [3.8, 4) is 11.5 Å². The highest BCUT2D eigenvalue weighted by atomic mass is 79.9. The van der Waals surface area contributed by atoms with E-state index in [1.165, 1.54) is 13.0 Å². The van der Waals surface area contributed by atoms with Crippen molar-refractivity contribution in [2.45, 2.75) is 13.0 Å². The first-order valence-corrected chi connectivity index (χ1v) is 5.41. The maximum atomic E-state index is 13.6. The lowest BCUT2D eigenvalue weighted by Crippen LogP contribution is -2.00. The first-order valence-electron chi connectivity index (χ1n) is 4.61. The molecule has 0 aliphatic carbocycles. The fourth-order valence-corrected chi connectivity index (χ4v) is 1.74. The normalized spacial score (nSPS) is 12.2. The molecule has 1 aromatic carbocycles. The van der Waals surface area contributed by atoms with Crippen LogP contribution < -0.4 is 4.74 Å². The number of phenols is 1. The van der Waals surface area contributed by atoms with Crippen LogP contribution in [0.5, 0.6) is 11.5 Å². The highest BCUT2D eigenvalue weighted by Crippen LogP contribution is 2.40. The van der Waals surface area contributed by atoms with Gasteiger partial charge in [-0.25, -0.2) is 4.39 Å². The van der Waals surface area contributed by atoms with Crippen LogP contribution in [-0.2, 0) is 0 Å². The topological polar surface area (TPSA) is 49.7 Å². The zero-order valence-electron chi connectivity index (χ0n) is 8.70. The molecule has 0 aromatic heterocycles. The van der Waals surface area contributed by atoms with Gasteiger partial charge in [-0.1, -0.05) is 12.7 Å². The maximum Gasteiger partial charge on any atom is 0.173 e. The number of halogens is 2. The number of aromatic hydroxyl groups is 1. The zero-order chi connectivity index (χ0) is 12.3. The van der Waals surface area contributed by atoms with Crippen molar-refractivity contribution in [1.29, 1.82) is 0 Å². The summed E-state index contributed by atoms with van der Waals surface area (Å²) in [6.45, 7) is 5.00. The highest BCUT2D eigenvalue weighted by Gasteiger charge is 2.19. The third kappa shape index (κ3) is 2.54. The summed E-state index contributed by atoms with van der Waals surface area (Å²) in [6, 6.07) is 1.04. The predicted octanol–water partition coefficient (Wildman–Crippen LogP) is 2.91.